The van der Waals surface area contributed by atoms with Crippen LogP contribution in [-0.2, 0) is 23.7 Å². The average molecular weight is 531 g/mol. The van der Waals surface area contributed by atoms with Crippen LogP contribution in [0.3, 0.4) is 0 Å². The summed E-state index contributed by atoms with van der Waals surface area (Å²) >= 11 is 0. The second-order valence-electron chi connectivity index (χ2n) is 13.0. The number of aliphatic hydroxyl groups excluding tert-OH is 6. The van der Waals surface area contributed by atoms with Crippen molar-refractivity contribution in [1.29, 1.82) is 0 Å². The summed E-state index contributed by atoms with van der Waals surface area (Å²) in [7, 11) is 0. The van der Waals surface area contributed by atoms with Crippen molar-refractivity contribution in [1.82, 2.24) is 0 Å². The molecule has 0 amide bonds. The van der Waals surface area contributed by atoms with Crippen molar-refractivity contribution >= 4 is 0 Å². The maximum Gasteiger partial charge on any atom is 0.111 e. The van der Waals surface area contributed by atoms with E-state index >= 15 is 0 Å². The molecule has 0 radical (unpaired) electrons. The van der Waals surface area contributed by atoms with E-state index in [1.54, 1.807) is 0 Å². The van der Waals surface area contributed by atoms with Crippen molar-refractivity contribution in [2.24, 2.45) is 11.8 Å². The van der Waals surface area contributed by atoms with Gasteiger partial charge >= 0.3 is 0 Å². The summed E-state index contributed by atoms with van der Waals surface area (Å²) in [5.74, 6) is -0.455. The van der Waals surface area contributed by atoms with E-state index in [0.29, 0.717) is 6.42 Å². The molecule has 2 aromatic rings. The van der Waals surface area contributed by atoms with Crippen molar-refractivity contribution < 1.29 is 30.6 Å². The van der Waals surface area contributed by atoms with Crippen LogP contribution in [0.15, 0.2) is 48.5 Å². The van der Waals surface area contributed by atoms with Crippen LogP contribution in [0.1, 0.15) is 77.1 Å². The summed E-state index contributed by atoms with van der Waals surface area (Å²) < 4.78 is 0. The Morgan fingerprint density at radius 2 is 1.03 bits per heavy atom. The highest BCUT2D eigenvalue weighted by atomic mass is 16.4. The molecule has 38 heavy (non-hydrogen) atoms. The molecule has 2 aromatic carbocycles. The molecule has 0 fully saturated rings. The Hall–Kier alpha value is -1.80. The van der Waals surface area contributed by atoms with Gasteiger partial charge in [-0.3, -0.25) is 0 Å². The summed E-state index contributed by atoms with van der Waals surface area (Å²) in [5, 5.41) is 61.4. The Labute approximate surface area is 229 Å². The first-order valence-corrected chi connectivity index (χ1v) is 13.8. The van der Waals surface area contributed by atoms with E-state index in [-0.39, 0.29) is 16.7 Å². The van der Waals surface area contributed by atoms with Crippen LogP contribution in [0.25, 0.3) is 0 Å². The summed E-state index contributed by atoms with van der Waals surface area (Å²) in [5.41, 5.74) is 4.74. The SMILES string of the molecule is CC(CCc1ccc(C(C)(C)C)cc1)C(Cc1ccc(C(C)(C)C)cc1)C(O)[C@@H](O)[C@@H](O)[C@H](O)[C@@H](O)CO. The van der Waals surface area contributed by atoms with E-state index in [1.807, 2.05) is 19.1 Å². The lowest BCUT2D eigenvalue weighted by molar-refractivity contribution is -0.152. The van der Waals surface area contributed by atoms with Gasteiger partial charge in [-0.25, -0.2) is 0 Å². The third-order valence-electron chi connectivity index (χ3n) is 7.80. The molecule has 0 saturated heterocycles. The van der Waals surface area contributed by atoms with Crippen molar-refractivity contribution in [3.05, 3.63) is 70.8 Å². The summed E-state index contributed by atoms with van der Waals surface area (Å²) in [4.78, 5) is 0. The van der Waals surface area contributed by atoms with Crippen LogP contribution in [0.5, 0.6) is 0 Å². The smallest absolute Gasteiger partial charge is 0.111 e. The highest BCUT2D eigenvalue weighted by Gasteiger charge is 2.39. The maximum atomic E-state index is 11.2. The molecular formula is C32H50O6. The molecule has 0 heterocycles. The van der Waals surface area contributed by atoms with Gasteiger partial charge in [-0.05, 0) is 64.2 Å². The zero-order valence-electron chi connectivity index (χ0n) is 24.2. The monoisotopic (exact) mass is 530 g/mol. The van der Waals surface area contributed by atoms with Gasteiger partial charge in [-0.15, -0.1) is 0 Å². The number of benzene rings is 2. The minimum absolute atomic E-state index is 0.0112. The largest absolute Gasteiger partial charge is 0.394 e. The fraction of sp³-hybridized carbons (Fsp3) is 0.625. The van der Waals surface area contributed by atoms with Crippen molar-refractivity contribution in [3.63, 3.8) is 0 Å². The Kier molecular flexibility index (Phi) is 11.5. The Balaban J connectivity index is 2.24. The Bertz CT molecular complexity index is 957. The zero-order valence-corrected chi connectivity index (χ0v) is 24.2. The van der Waals surface area contributed by atoms with Crippen molar-refractivity contribution in [2.75, 3.05) is 6.61 Å². The number of aliphatic hydroxyl groups is 6. The van der Waals surface area contributed by atoms with Crippen LogP contribution >= 0.6 is 0 Å². The van der Waals surface area contributed by atoms with Crippen LogP contribution in [0, 0.1) is 11.8 Å². The van der Waals surface area contributed by atoms with E-state index < -0.39 is 43.0 Å². The molecule has 214 valence electrons. The van der Waals surface area contributed by atoms with Gasteiger partial charge in [0.15, 0.2) is 0 Å². The lowest BCUT2D eigenvalue weighted by Crippen LogP contribution is -2.52. The predicted octanol–water partition coefficient (Wildman–Crippen LogP) is 3.51. The first-order chi connectivity index (χ1) is 17.6. The number of rotatable bonds is 12. The van der Waals surface area contributed by atoms with Gasteiger partial charge in [0.05, 0.1) is 12.7 Å². The first kappa shape index (κ1) is 32.4. The van der Waals surface area contributed by atoms with E-state index in [0.717, 1.165) is 18.4 Å². The number of hydrogen-bond acceptors (Lipinski definition) is 6. The van der Waals surface area contributed by atoms with E-state index in [4.69, 9.17) is 5.11 Å². The number of aryl methyl sites for hydroxylation is 1. The van der Waals surface area contributed by atoms with Crippen LogP contribution in [-0.4, -0.2) is 67.8 Å². The predicted molar refractivity (Wildman–Crippen MR) is 152 cm³/mol. The molecule has 6 N–H and O–H groups in total. The molecule has 0 bridgehead atoms. The molecule has 0 aliphatic rings. The normalized spacial score (nSPS) is 18.3. The van der Waals surface area contributed by atoms with Gasteiger partial charge in [0.1, 0.15) is 24.4 Å². The Morgan fingerprint density at radius 3 is 1.45 bits per heavy atom. The summed E-state index contributed by atoms with van der Waals surface area (Å²) in [6.07, 6.45) is -6.25. The molecule has 0 saturated carbocycles. The zero-order chi connectivity index (χ0) is 28.8. The third kappa shape index (κ3) is 8.87. The quantitative estimate of drug-likeness (QED) is 0.250. The number of hydrogen-bond donors (Lipinski definition) is 6. The third-order valence-corrected chi connectivity index (χ3v) is 7.80. The fourth-order valence-electron chi connectivity index (χ4n) is 4.84. The minimum Gasteiger partial charge on any atom is -0.394 e. The molecule has 2 rings (SSSR count). The molecule has 0 spiro atoms. The lowest BCUT2D eigenvalue weighted by atomic mass is 9.77. The van der Waals surface area contributed by atoms with Gasteiger partial charge in [-0.2, -0.15) is 0 Å². The molecule has 3 unspecified atom stereocenters. The second-order valence-corrected chi connectivity index (χ2v) is 13.0. The van der Waals surface area contributed by atoms with Gasteiger partial charge in [-0.1, -0.05) is 97.0 Å². The molecule has 6 nitrogen and oxygen atoms in total. The van der Waals surface area contributed by atoms with E-state index in [2.05, 4.69) is 77.9 Å². The highest BCUT2D eigenvalue weighted by molar-refractivity contribution is 5.29. The minimum atomic E-state index is -1.81. The summed E-state index contributed by atoms with van der Waals surface area (Å²) in [6.45, 7) is 14.2. The molecule has 0 aliphatic carbocycles. The van der Waals surface area contributed by atoms with Crippen LogP contribution in [0.4, 0.5) is 0 Å². The molecule has 0 aliphatic heterocycles. The summed E-state index contributed by atoms with van der Waals surface area (Å²) in [6, 6.07) is 16.8. The van der Waals surface area contributed by atoms with Gasteiger partial charge < -0.3 is 30.6 Å². The van der Waals surface area contributed by atoms with Crippen LogP contribution in [0.2, 0.25) is 0 Å². The van der Waals surface area contributed by atoms with Gasteiger partial charge in [0.25, 0.3) is 0 Å². The molecule has 6 heteroatoms. The first-order valence-electron chi connectivity index (χ1n) is 13.8. The van der Waals surface area contributed by atoms with Gasteiger partial charge in [0.2, 0.25) is 0 Å². The van der Waals surface area contributed by atoms with E-state index in [1.165, 1.54) is 16.7 Å². The van der Waals surface area contributed by atoms with Crippen LogP contribution < -0.4 is 0 Å². The second kappa shape index (κ2) is 13.5. The fourth-order valence-corrected chi connectivity index (χ4v) is 4.84. The molecule has 0 aromatic heterocycles. The highest BCUT2D eigenvalue weighted by Crippen LogP contribution is 2.30. The average Bonchev–Trinajstić information content (AvgIpc) is 2.87. The topological polar surface area (TPSA) is 121 Å². The van der Waals surface area contributed by atoms with Gasteiger partial charge in [0, 0.05) is 0 Å². The van der Waals surface area contributed by atoms with Crippen molar-refractivity contribution in [3.8, 4) is 0 Å². The molecule has 7 atom stereocenters. The lowest BCUT2D eigenvalue weighted by Gasteiger charge is -2.35. The van der Waals surface area contributed by atoms with E-state index in [9.17, 15) is 25.5 Å². The molecular weight excluding hydrogens is 480 g/mol. The Morgan fingerprint density at radius 1 is 0.605 bits per heavy atom. The van der Waals surface area contributed by atoms with Crippen molar-refractivity contribution in [2.45, 2.75) is 109 Å². The maximum absolute atomic E-state index is 11.2. The standard InChI is InChI=1S/C32H50O6/c1-20(8-9-21-10-14-23(15-11-21)31(2,3)4)25(18-22-12-16-24(17-13-22)32(5,6)7)27(35)29(37)30(38)28(36)26(34)19-33/h10-17,20,25-30,33-38H,8-9,18-19H2,1-7H3/t20?,25?,26-,27?,28+,29+,30-/m0/s1.